The summed E-state index contributed by atoms with van der Waals surface area (Å²) in [5.41, 5.74) is 2.24. The molecule has 5 nitrogen and oxygen atoms in total. The normalized spacial score (nSPS) is 11.1. The van der Waals surface area contributed by atoms with E-state index >= 15 is 0 Å². The lowest BCUT2D eigenvalue weighted by molar-refractivity contribution is 0.0691. The van der Waals surface area contributed by atoms with Gasteiger partial charge in [-0.05, 0) is 24.3 Å². The summed E-state index contributed by atoms with van der Waals surface area (Å²) in [5, 5.41) is 17.6. The number of rotatable bonds is 3. The number of nitrogens with zero attached hydrogens (tertiary/aromatic N) is 3. The van der Waals surface area contributed by atoms with Gasteiger partial charge < -0.3 is 5.11 Å². The molecule has 2 heterocycles. The van der Waals surface area contributed by atoms with Crippen molar-refractivity contribution in [3.05, 3.63) is 63.6 Å². The van der Waals surface area contributed by atoms with E-state index in [1.807, 2.05) is 30.3 Å². The van der Waals surface area contributed by atoms with Crippen molar-refractivity contribution in [1.29, 1.82) is 0 Å². The van der Waals surface area contributed by atoms with Gasteiger partial charge in [-0.25, -0.2) is 14.5 Å². The third-order valence-electron chi connectivity index (χ3n) is 3.67. The van der Waals surface area contributed by atoms with Crippen LogP contribution in [0, 0.1) is 0 Å². The number of halogens is 2. The molecule has 0 bridgehead atoms. The van der Waals surface area contributed by atoms with Crippen LogP contribution in [0.5, 0.6) is 0 Å². The minimum Gasteiger partial charge on any atom is -0.476 e. The molecule has 124 valence electrons. The van der Waals surface area contributed by atoms with E-state index in [9.17, 15) is 4.79 Å². The minimum atomic E-state index is -1.07. The average Bonchev–Trinajstić information content (AvgIpc) is 3.20. The van der Waals surface area contributed by atoms with E-state index in [0.29, 0.717) is 20.9 Å². The van der Waals surface area contributed by atoms with Crippen LogP contribution in [0.25, 0.3) is 27.3 Å². The molecule has 4 aromatic rings. The van der Waals surface area contributed by atoms with Crippen molar-refractivity contribution in [2.75, 3.05) is 0 Å². The van der Waals surface area contributed by atoms with Crippen molar-refractivity contribution in [3.8, 4) is 16.4 Å². The molecule has 0 saturated heterocycles. The number of fused-ring (bicyclic) bond motifs is 1. The first-order valence-corrected chi connectivity index (χ1v) is 8.80. The first-order chi connectivity index (χ1) is 12.0. The highest BCUT2D eigenvalue weighted by atomic mass is 35.5. The lowest BCUT2D eigenvalue weighted by Crippen LogP contribution is -2.00. The number of carbonyl (C=O) groups is 1. The highest BCUT2D eigenvalue weighted by Crippen LogP contribution is 2.35. The van der Waals surface area contributed by atoms with Crippen LogP contribution in [0.2, 0.25) is 10.0 Å². The Morgan fingerprint density at radius 2 is 1.96 bits per heavy atom. The number of para-hydroxylation sites is 1. The Kier molecular flexibility index (Phi) is 3.95. The maximum Gasteiger partial charge on any atom is 0.355 e. The van der Waals surface area contributed by atoms with Crippen molar-refractivity contribution in [1.82, 2.24) is 14.8 Å². The number of benzene rings is 2. The Balaban J connectivity index is 1.96. The van der Waals surface area contributed by atoms with Gasteiger partial charge in [-0.3, -0.25) is 0 Å². The van der Waals surface area contributed by atoms with Crippen LogP contribution in [0.3, 0.4) is 0 Å². The van der Waals surface area contributed by atoms with Crippen LogP contribution in [-0.4, -0.2) is 25.8 Å². The van der Waals surface area contributed by atoms with Gasteiger partial charge in [0.15, 0.2) is 5.69 Å². The number of aromatic carboxylic acids is 1. The van der Waals surface area contributed by atoms with Gasteiger partial charge in [0.2, 0.25) is 5.13 Å². The molecule has 2 aromatic carbocycles. The van der Waals surface area contributed by atoms with Crippen LogP contribution >= 0.6 is 34.5 Å². The molecule has 0 unspecified atom stereocenters. The molecular weight excluding hydrogens is 381 g/mol. The van der Waals surface area contributed by atoms with E-state index < -0.39 is 5.97 Å². The Morgan fingerprint density at radius 3 is 2.68 bits per heavy atom. The molecule has 1 N–H and O–H groups in total. The SMILES string of the molecule is O=C(O)c1csc(-n2nc(-c3ccc(Cl)cc3Cl)c3ccccc32)n1. The lowest BCUT2D eigenvalue weighted by Gasteiger charge is -2.01. The molecule has 0 fully saturated rings. The van der Waals surface area contributed by atoms with Gasteiger partial charge in [0.1, 0.15) is 5.69 Å². The van der Waals surface area contributed by atoms with Crippen molar-refractivity contribution in [2.24, 2.45) is 0 Å². The molecule has 0 aliphatic rings. The quantitative estimate of drug-likeness (QED) is 0.525. The molecule has 0 radical (unpaired) electrons. The van der Waals surface area contributed by atoms with Crippen LogP contribution in [0.15, 0.2) is 47.8 Å². The number of hydrogen-bond acceptors (Lipinski definition) is 4. The number of hydrogen-bond donors (Lipinski definition) is 1. The Bertz CT molecular complexity index is 1120. The van der Waals surface area contributed by atoms with Gasteiger partial charge in [-0.15, -0.1) is 11.3 Å². The fourth-order valence-electron chi connectivity index (χ4n) is 2.55. The highest BCUT2D eigenvalue weighted by molar-refractivity contribution is 7.12. The second-order valence-corrected chi connectivity index (χ2v) is 6.90. The summed E-state index contributed by atoms with van der Waals surface area (Å²) in [5.74, 6) is -1.07. The maximum atomic E-state index is 11.1. The molecule has 4 rings (SSSR count). The molecule has 8 heteroatoms. The first kappa shape index (κ1) is 16.1. The Morgan fingerprint density at radius 1 is 1.16 bits per heavy atom. The second kappa shape index (κ2) is 6.15. The predicted octanol–water partition coefficient (Wildman–Crippen LogP) is 5.15. The topological polar surface area (TPSA) is 68.0 Å². The van der Waals surface area contributed by atoms with E-state index in [-0.39, 0.29) is 5.69 Å². The number of thiazole rings is 1. The Hall–Kier alpha value is -2.41. The zero-order chi connectivity index (χ0) is 17.6. The summed E-state index contributed by atoms with van der Waals surface area (Å²) < 4.78 is 1.63. The van der Waals surface area contributed by atoms with Gasteiger partial charge in [0.25, 0.3) is 0 Å². The fourth-order valence-corrected chi connectivity index (χ4v) is 3.81. The van der Waals surface area contributed by atoms with Gasteiger partial charge in [-0.2, -0.15) is 5.10 Å². The van der Waals surface area contributed by atoms with Crippen LogP contribution in [0.1, 0.15) is 10.5 Å². The largest absolute Gasteiger partial charge is 0.476 e. The molecule has 0 saturated carbocycles. The van der Waals surface area contributed by atoms with Crippen molar-refractivity contribution in [2.45, 2.75) is 0 Å². The number of carboxylic acids is 1. The summed E-state index contributed by atoms with van der Waals surface area (Å²) in [4.78, 5) is 15.2. The van der Waals surface area contributed by atoms with E-state index in [1.165, 1.54) is 16.7 Å². The molecule has 0 aliphatic carbocycles. The Labute approximate surface area is 156 Å². The third kappa shape index (κ3) is 2.78. The summed E-state index contributed by atoms with van der Waals surface area (Å²) >= 11 is 13.5. The highest BCUT2D eigenvalue weighted by Gasteiger charge is 2.18. The van der Waals surface area contributed by atoms with E-state index in [4.69, 9.17) is 28.3 Å². The number of aromatic nitrogens is 3. The standard InChI is InChI=1S/C17H9Cl2N3O2S/c18-9-5-6-10(12(19)7-9)15-11-3-1-2-4-14(11)22(21-15)17-20-13(8-25-17)16(23)24/h1-8H,(H,23,24). The smallest absolute Gasteiger partial charge is 0.355 e. The lowest BCUT2D eigenvalue weighted by atomic mass is 10.1. The van der Waals surface area contributed by atoms with E-state index in [0.717, 1.165) is 16.5 Å². The molecular formula is C17H9Cl2N3O2S. The summed E-state index contributed by atoms with van der Waals surface area (Å²) in [6.45, 7) is 0. The third-order valence-corrected chi connectivity index (χ3v) is 5.03. The fraction of sp³-hybridized carbons (Fsp3) is 0. The predicted molar refractivity (Wildman–Crippen MR) is 99.2 cm³/mol. The zero-order valence-corrected chi connectivity index (χ0v) is 14.8. The van der Waals surface area contributed by atoms with Crippen molar-refractivity contribution in [3.63, 3.8) is 0 Å². The van der Waals surface area contributed by atoms with Crippen LogP contribution < -0.4 is 0 Å². The molecule has 0 atom stereocenters. The molecule has 0 amide bonds. The van der Waals surface area contributed by atoms with Crippen LogP contribution in [0.4, 0.5) is 0 Å². The maximum absolute atomic E-state index is 11.1. The van der Waals surface area contributed by atoms with Gasteiger partial charge >= 0.3 is 5.97 Å². The van der Waals surface area contributed by atoms with Crippen molar-refractivity contribution < 1.29 is 9.90 Å². The number of carboxylic acid groups (broad SMARTS) is 1. The monoisotopic (exact) mass is 389 g/mol. The van der Waals surface area contributed by atoms with E-state index in [1.54, 1.807) is 16.8 Å². The molecule has 2 aromatic heterocycles. The average molecular weight is 390 g/mol. The second-order valence-electron chi connectivity index (χ2n) is 5.22. The van der Waals surface area contributed by atoms with Gasteiger partial charge in [-0.1, -0.05) is 41.4 Å². The van der Waals surface area contributed by atoms with Crippen molar-refractivity contribution >= 4 is 51.4 Å². The molecule has 25 heavy (non-hydrogen) atoms. The van der Waals surface area contributed by atoms with Gasteiger partial charge in [0.05, 0.1) is 10.5 Å². The molecule has 0 spiro atoms. The minimum absolute atomic E-state index is 0.00865. The summed E-state index contributed by atoms with van der Waals surface area (Å²) in [6.07, 6.45) is 0. The first-order valence-electron chi connectivity index (χ1n) is 7.17. The zero-order valence-electron chi connectivity index (χ0n) is 12.5. The summed E-state index contributed by atoms with van der Waals surface area (Å²) in [6, 6.07) is 12.9. The molecule has 0 aliphatic heterocycles. The van der Waals surface area contributed by atoms with Crippen LogP contribution in [-0.2, 0) is 0 Å². The van der Waals surface area contributed by atoms with Gasteiger partial charge in [0, 0.05) is 21.4 Å². The summed E-state index contributed by atoms with van der Waals surface area (Å²) in [7, 11) is 0. The van der Waals surface area contributed by atoms with E-state index in [2.05, 4.69) is 10.1 Å².